The largest absolute Gasteiger partial charge is 0.433 e. The number of amides is 1. The summed E-state index contributed by atoms with van der Waals surface area (Å²) in [5.41, 5.74) is 4.51. The fourth-order valence-electron chi connectivity index (χ4n) is 1.78. The maximum Gasteiger partial charge on any atom is 0.433 e. The number of aromatic nitrogens is 1. The van der Waals surface area contributed by atoms with Gasteiger partial charge < -0.3 is 10.6 Å². The second-order valence-electron chi connectivity index (χ2n) is 5.62. The third kappa shape index (κ3) is 4.70. The summed E-state index contributed by atoms with van der Waals surface area (Å²) in [6.07, 6.45) is -3.54. The number of carbonyl (C=O) groups excluding carboxylic acids is 1. The molecule has 0 aliphatic carbocycles. The van der Waals surface area contributed by atoms with E-state index in [1.54, 1.807) is 4.90 Å². The molecule has 0 bridgehead atoms. The number of halogens is 3. The molecule has 0 saturated heterocycles. The highest BCUT2D eigenvalue weighted by Gasteiger charge is 2.32. The summed E-state index contributed by atoms with van der Waals surface area (Å²) in [4.78, 5) is 17.2. The van der Waals surface area contributed by atoms with Crippen molar-refractivity contribution in [3.63, 3.8) is 0 Å². The van der Waals surface area contributed by atoms with E-state index in [4.69, 9.17) is 5.73 Å². The minimum Gasteiger partial charge on any atom is -0.338 e. The van der Waals surface area contributed by atoms with Crippen molar-refractivity contribution >= 4 is 5.91 Å². The summed E-state index contributed by atoms with van der Waals surface area (Å²) in [5.74, 6) is -0.347. The van der Waals surface area contributed by atoms with Crippen LogP contribution in [0.25, 0.3) is 0 Å². The first-order chi connectivity index (χ1) is 9.60. The second-order valence-corrected chi connectivity index (χ2v) is 5.62. The van der Waals surface area contributed by atoms with Crippen LogP contribution < -0.4 is 5.73 Å². The molecule has 0 aliphatic heterocycles. The maximum atomic E-state index is 12.4. The molecule has 1 aromatic heterocycles. The predicted octanol–water partition coefficient (Wildman–Crippen LogP) is 2.55. The van der Waals surface area contributed by atoms with Gasteiger partial charge in [-0.1, -0.05) is 13.8 Å². The Hall–Kier alpha value is -1.63. The highest BCUT2D eigenvalue weighted by Crippen LogP contribution is 2.27. The third-order valence-corrected chi connectivity index (χ3v) is 3.14. The van der Waals surface area contributed by atoms with Crippen LogP contribution in [0.15, 0.2) is 18.3 Å². The SMILES string of the molecule is CCN(CC(C)(C)CN)C(=O)c1ccc(C(F)(F)F)nc1. The van der Waals surface area contributed by atoms with Gasteiger partial charge in [-0.3, -0.25) is 9.78 Å². The molecule has 4 nitrogen and oxygen atoms in total. The average molecular weight is 303 g/mol. The molecule has 1 amide bonds. The number of hydrogen-bond donors (Lipinski definition) is 1. The van der Waals surface area contributed by atoms with E-state index in [1.165, 1.54) is 0 Å². The lowest BCUT2D eigenvalue weighted by Crippen LogP contribution is -2.42. The summed E-state index contributed by atoms with van der Waals surface area (Å²) in [7, 11) is 0. The van der Waals surface area contributed by atoms with Crippen LogP contribution in [0.3, 0.4) is 0 Å². The van der Waals surface area contributed by atoms with E-state index in [0.29, 0.717) is 19.6 Å². The molecule has 1 heterocycles. The van der Waals surface area contributed by atoms with Gasteiger partial charge in [0.2, 0.25) is 0 Å². The second kappa shape index (κ2) is 6.43. The van der Waals surface area contributed by atoms with E-state index < -0.39 is 11.9 Å². The van der Waals surface area contributed by atoms with E-state index in [0.717, 1.165) is 18.3 Å². The van der Waals surface area contributed by atoms with Gasteiger partial charge in [-0.05, 0) is 31.0 Å². The minimum absolute atomic E-state index is 0.137. The van der Waals surface area contributed by atoms with Crippen LogP contribution in [-0.4, -0.2) is 35.4 Å². The van der Waals surface area contributed by atoms with Crippen LogP contribution in [-0.2, 0) is 6.18 Å². The van der Waals surface area contributed by atoms with Gasteiger partial charge in [0.25, 0.3) is 5.91 Å². The van der Waals surface area contributed by atoms with Crippen LogP contribution >= 0.6 is 0 Å². The Labute approximate surface area is 122 Å². The Morgan fingerprint density at radius 3 is 2.33 bits per heavy atom. The van der Waals surface area contributed by atoms with Crippen LogP contribution in [0.2, 0.25) is 0 Å². The number of pyridine rings is 1. The topological polar surface area (TPSA) is 59.2 Å². The Kier molecular flexibility index (Phi) is 5.33. The number of nitrogens with zero attached hydrogens (tertiary/aromatic N) is 2. The molecule has 0 aromatic carbocycles. The molecule has 118 valence electrons. The predicted molar refractivity (Wildman–Crippen MR) is 73.7 cm³/mol. The summed E-state index contributed by atoms with van der Waals surface area (Å²) in [5, 5.41) is 0. The standard InChI is InChI=1S/C14H20F3N3O/c1-4-20(9-13(2,3)8-18)12(21)10-5-6-11(19-7-10)14(15,16)17/h5-7H,4,8-9,18H2,1-3H3. The zero-order valence-corrected chi connectivity index (χ0v) is 12.4. The molecule has 0 fully saturated rings. The van der Waals surface area contributed by atoms with Crippen LogP contribution in [0.1, 0.15) is 36.8 Å². The van der Waals surface area contributed by atoms with Gasteiger partial charge >= 0.3 is 6.18 Å². The summed E-state index contributed by atoms with van der Waals surface area (Å²) >= 11 is 0. The number of carbonyl (C=O) groups is 1. The fraction of sp³-hybridized carbons (Fsp3) is 0.571. The molecule has 0 radical (unpaired) electrons. The van der Waals surface area contributed by atoms with Crippen LogP contribution in [0, 0.1) is 5.41 Å². The summed E-state index contributed by atoms with van der Waals surface area (Å²) in [6.45, 7) is 6.94. The Bertz CT molecular complexity index is 483. The average Bonchev–Trinajstić information content (AvgIpc) is 2.43. The number of rotatable bonds is 5. The zero-order valence-electron chi connectivity index (χ0n) is 12.4. The van der Waals surface area contributed by atoms with Crippen LogP contribution in [0.4, 0.5) is 13.2 Å². The maximum absolute atomic E-state index is 12.4. The smallest absolute Gasteiger partial charge is 0.338 e. The van der Waals surface area contributed by atoms with Crippen LogP contribution in [0.5, 0.6) is 0 Å². The molecule has 0 spiro atoms. The van der Waals surface area contributed by atoms with Crippen molar-refractivity contribution in [2.75, 3.05) is 19.6 Å². The Balaban J connectivity index is 2.91. The van der Waals surface area contributed by atoms with Crippen molar-refractivity contribution in [2.24, 2.45) is 11.1 Å². The highest BCUT2D eigenvalue weighted by molar-refractivity contribution is 5.93. The lowest BCUT2D eigenvalue weighted by Gasteiger charge is -2.31. The van der Waals surface area contributed by atoms with Crippen molar-refractivity contribution in [3.05, 3.63) is 29.6 Å². The summed E-state index contributed by atoms with van der Waals surface area (Å²) < 4.78 is 37.3. The normalized spacial score (nSPS) is 12.3. The first-order valence-electron chi connectivity index (χ1n) is 6.63. The van der Waals surface area contributed by atoms with E-state index in [1.807, 2.05) is 20.8 Å². The van der Waals surface area contributed by atoms with E-state index >= 15 is 0 Å². The lowest BCUT2D eigenvalue weighted by atomic mass is 9.93. The van der Waals surface area contributed by atoms with Crippen molar-refractivity contribution < 1.29 is 18.0 Å². The molecule has 21 heavy (non-hydrogen) atoms. The van der Waals surface area contributed by atoms with Gasteiger partial charge in [0, 0.05) is 19.3 Å². The highest BCUT2D eigenvalue weighted by atomic mass is 19.4. The molecule has 0 unspecified atom stereocenters. The molecular formula is C14H20F3N3O. The van der Waals surface area contributed by atoms with Crippen molar-refractivity contribution in [1.29, 1.82) is 0 Å². The Morgan fingerprint density at radius 2 is 1.95 bits per heavy atom. The Morgan fingerprint density at radius 1 is 1.33 bits per heavy atom. The van der Waals surface area contributed by atoms with Crippen molar-refractivity contribution in [2.45, 2.75) is 26.9 Å². The van der Waals surface area contributed by atoms with E-state index in [9.17, 15) is 18.0 Å². The number of alkyl halides is 3. The number of nitrogens with two attached hydrogens (primary N) is 1. The first-order valence-corrected chi connectivity index (χ1v) is 6.63. The number of hydrogen-bond acceptors (Lipinski definition) is 3. The van der Waals surface area contributed by atoms with Gasteiger partial charge in [0.15, 0.2) is 0 Å². The zero-order chi connectivity index (χ0) is 16.3. The fourth-order valence-corrected chi connectivity index (χ4v) is 1.78. The van der Waals surface area contributed by atoms with Gasteiger partial charge in [0.05, 0.1) is 5.56 Å². The molecular weight excluding hydrogens is 283 g/mol. The molecule has 1 aromatic rings. The molecule has 7 heteroatoms. The van der Waals surface area contributed by atoms with Gasteiger partial charge in [-0.2, -0.15) is 13.2 Å². The van der Waals surface area contributed by atoms with E-state index in [2.05, 4.69) is 4.98 Å². The third-order valence-electron chi connectivity index (χ3n) is 3.14. The summed E-state index contributed by atoms with van der Waals surface area (Å²) in [6, 6.07) is 1.96. The monoisotopic (exact) mass is 303 g/mol. The van der Waals surface area contributed by atoms with Crippen molar-refractivity contribution in [3.8, 4) is 0 Å². The lowest BCUT2D eigenvalue weighted by molar-refractivity contribution is -0.141. The molecule has 0 aliphatic rings. The van der Waals surface area contributed by atoms with E-state index in [-0.39, 0.29) is 16.9 Å². The molecule has 0 atom stereocenters. The molecule has 2 N–H and O–H groups in total. The quantitative estimate of drug-likeness (QED) is 0.909. The molecule has 1 rings (SSSR count). The van der Waals surface area contributed by atoms with Gasteiger partial charge in [-0.25, -0.2) is 0 Å². The van der Waals surface area contributed by atoms with Crippen molar-refractivity contribution in [1.82, 2.24) is 9.88 Å². The van der Waals surface area contributed by atoms with Gasteiger partial charge in [-0.15, -0.1) is 0 Å². The first kappa shape index (κ1) is 17.4. The van der Waals surface area contributed by atoms with Gasteiger partial charge in [0.1, 0.15) is 5.69 Å². The molecule has 0 saturated carbocycles. The minimum atomic E-state index is -4.51.